The summed E-state index contributed by atoms with van der Waals surface area (Å²) >= 11 is 5.18. The third-order valence-electron chi connectivity index (χ3n) is 1.90. The smallest absolute Gasteiger partial charge is 0.132 e. The molecule has 1 nitrogen and oxygen atoms in total. The second-order valence-electron chi connectivity index (χ2n) is 4.92. The molecule has 1 rings (SSSR count). The van der Waals surface area contributed by atoms with Crippen molar-refractivity contribution in [2.24, 2.45) is 5.41 Å². The van der Waals surface area contributed by atoms with Crippen molar-refractivity contribution in [3.05, 3.63) is 22.2 Å². The van der Waals surface area contributed by atoms with E-state index in [1.165, 1.54) is 4.90 Å². The van der Waals surface area contributed by atoms with Gasteiger partial charge in [-0.3, -0.25) is 0 Å². The molecule has 0 saturated heterocycles. The molecule has 0 unspecified atom stereocenters. The molecule has 0 bridgehead atoms. The van der Waals surface area contributed by atoms with Crippen LogP contribution >= 0.6 is 27.7 Å². The van der Waals surface area contributed by atoms with Crippen molar-refractivity contribution in [3.63, 3.8) is 0 Å². The predicted octanol–water partition coefficient (Wildman–Crippen LogP) is 4.60. The van der Waals surface area contributed by atoms with E-state index in [9.17, 15) is 5.11 Å². The first-order chi connectivity index (χ1) is 6.79. The Labute approximate surface area is 104 Å². The van der Waals surface area contributed by atoms with Crippen molar-refractivity contribution in [1.29, 1.82) is 0 Å². The molecule has 0 fully saturated rings. The van der Waals surface area contributed by atoms with Crippen molar-refractivity contribution in [2.75, 3.05) is 5.75 Å². The lowest BCUT2D eigenvalue weighted by molar-refractivity contribution is 0.467. The van der Waals surface area contributed by atoms with Crippen LogP contribution in [0.5, 0.6) is 5.75 Å². The molecule has 1 aromatic carbocycles. The van der Waals surface area contributed by atoms with Gasteiger partial charge in [0.1, 0.15) is 5.75 Å². The summed E-state index contributed by atoms with van der Waals surface area (Å²) in [5.74, 6) is 1.42. The molecule has 0 amide bonds. The highest BCUT2D eigenvalue weighted by Gasteiger charge is 2.12. The molecule has 0 atom stereocenters. The lowest BCUT2D eigenvalue weighted by Crippen LogP contribution is -2.07. The normalized spacial score (nSPS) is 11.8. The molecule has 3 heteroatoms. The maximum Gasteiger partial charge on any atom is 0.132 e. The van der Waals surface area contributed by atoms with E-state index >= 15 is 0 Å². The maximum atomic E-state index is 9.60. The van der Waals surface area contributed by atoms with Crippen LogP contribution in [0.3, 0.4) is 0 Å². The van der Waals surface area contributed by atoms with Gasteiger partial charge in [0.2, 0.25) is 0 Å². The number of aromatic hydroxyl groups is 1. The molecule has 0 aliphatic rings. The highest BCUT2D eigenvalue weighted by molar-refractivity contribution is 9.10. The summed E-state index contributed by atoms with van der Waals surface area (Å²) in [6, 6.07) is 4.00. The molecule has 1 aromatic rings. The van der Waals surface area contributed by atoms with E-state index < -0.39 is 0 Å². The minimum absolute atomic E-state index is 0.322. The van der Waals surface area contributed by atoms with Gasteiger partial charge in [-0.25, -0.2) is 0 Å². The molecular weight excluding hydrogens is 272 g/mol. The summed E-state index contributed by atoms with van der Waals surface area (Å²) in [7, 11) is 0. The highest BCUT2D eigenvalue weighted by Crippen LogP contribution is 2.34. The number of hydrogen-bond donors (Lipinski definition) is 1. The Bertz CT molecular complexity index is 332. The Kier molecular flexibility index (Phi) is 4.13. The third-order valence-corrected chi connectivity index (χ3v) is 4.08. The number of thioether (sulfide) groups is 1. The third kappa shape index (κ3) is 4.07. The number of aryl methyl sites for hydroxylation is 1. The minimum Gasteiger partial charge on any atom is -0.506 e. The first-order valence-corrected chi connectivity index (χ1v) is 6.69. The van der Waals surface area contributed by atoms with E-state index in [1.807, 2.05) is 30.8 Å². The molecule has 0 spiro atoms. The van der Waals surface area contributed by atoms with Crippen molar-refractivity contribution in [3.8, 4) is 5.75 Å². The lowest BCUT2D eigenvalue weighted by Gasteiger charge is -2.17. The summed E-state index contributed by atoms with van der Waals surface area (Å²) in [6.07, 6.45) is 0. The highest BCUT2D eigenvalue weighted by atomic mass is 79.9. The van der Waals surface area contributed by atoms with Crippen LogP contribution in [-0.2, 0) is 0 Å². The Balaban J connectivity index is 2.80. The summed E-state index contributed by atoms with van der Waals surface area (Å²) in [5, 5.41) is 9.60. The fourth-order valence-electron chi connectivity index (χ4n) is 1.09. The summed E-state index contributed by atoms with van der Waals surface area (Å²) in [6.45, 7) is 8.59. The average molecular weight is 289 g/mol. The molecule has 0 saturated carbocycles. The Morgan fingerprint density at radius 1 is 1.33 bits per heavy atom. The number of phenolic OH excluding ortho intramolecular Hbond substituents is 1. The van der Waals surface area contributed by atoms with Crippen LogP contribution in [0.25, 0.3) is 0 Å². The van der Waals surface area contributed by atoms with Crippen LogP contribution in [0.2, 0.25) is 0 Å². The van der Waals surface area contributed by atoms with Crippen LogP contribution in [0.15, 0.2) is 21.5 Å². The molecule has 84 valence electrons. The average Bonchev–Trinajstić information content (AvgIpc) is 2.09. The van der Waals surface area contributed by atoms with Crippen molar-refractivity contribution >= 4 is 27.7 Å². The van der Waals surface area contributed by atoms with E-state index in [4.69, 9.17) is 0 Å². The molecule has 0 radical (unpaired) electrons. The molecule has 1 N–H and O–H groups in total. The fraction of sp³-hybridized carbons (Fsp3) is 0.500. The maximum absolute atomic E-state index is 9.60. The lowest BCUT2D eigenvalue weighted by atomic mass is 10.0. The molecule has 15 heavy (non-hydrogen) atoms. The van der Waals surface area contributed by atoms with Gasteiger partial charge in [-0.2, -0.15) is 0 Å². The van der Waals surface area contributed by atoms with Crippen LogP contribution in [0.1, 0.15) is 26.3 Å². The summed E-state index contributed by atoms with van der Waals surface area (Å²) in [4.78, 5) is 1.20. The standard InChI is InChI=1S/C12H17BrOS/c1-8-5-9(6-10(13)11(8)14)15-7-12(2,3)4/h5-6,14H,7H2,1-4H3. The van der Waals surface area contributed by atoms with Crippen molar-refractivity contribution in [2.45, 2.75) is 32.6 Å². The zero-order chi connectivity index (χ0) is 11.6. The van der Waals surface area contributed by atoms with Gasteiger partial charge in [-0.15, -0.1) is 11.8 Å². The first-order valence-electron chi connectivity index (χ1n) is 4.91. The molecule has 0 aromatic heterocycles. The fourth-order valence-corrected chi connectivity index (χ4v) is 2.86. The largest absolute Gasteiger partial charge is 0.506 e. The van der Waals surface area contributed by atoms with Gasteiger partial charge in [-0.1, -0.05) is 20.8 Å². The van der Waals surface area contributed by atoms with Crippen LogP contribution < -0.4 is 0 Å². The molecule has 0 aliphatic carbocycles. The Morgan fingerprint density at radius 3 is 2.40 bits per heavy atom. The SMILES string of the molecule is Cc1cc(SCC(C)(C)C)cc(Br)c1O. The van der Waals surface area contributed by atoms with Gasteiger partial charge in [-0.05, 0) is 46.0 Å². The first kappa shape index (κ1) is 12.9. The summed E-state index contributed by atoms with van der Waals surface area (Å²) < 4.78 is 0.777. The van der Waals surface area contributed by atoms with Crippen molar-refractivity contribution < 1.29 is 5.11 Å². The Morgan fingerprint density at radius 2 is 1.93 bits per heavy atom. The number of halogens is 1. The van der Waals surface area contributed by atoms with Crippen LogP contribution in [-0.4, -0.2) is 10.9 Å². The number of hydrogen-bond acceptors (Lipinski definition) is 2. The number of benzene rings is 1. The van der Waals surface area contributed by atoms with E-state index in [2.05, 4.69) is 36.7 Å². The number of phenols is 1. The second-order valence-corrected chi connectivity index (χ2v) is 6.82. The molecule has 0 heterocycles. The van der Waals surface area contributed by atoms with Gasteiger partial charge in [0.05, 0.1) is 4.47 Å². The van der Waals surface area contributed by atoms with Crippen LogP contribution in [0.4, 0.5) is 0 Å². The summed E-state index contributed by atoms with van der Waals surface area (Å²) in [5.41, 5.74) is 1.24. The monoisotopic (exact) mass is 288 g/mol. The topological polar surface area (TPSA) is 20.2 Å². The van der Waals surface area contributed by atoms with Gasteiger partial charge in [0.25, 0.3) is 0 Å². The predicted molar refractivity (Wildman–Crippen MR) is 70.7 cm³/mol. The van der Waals surface area contributed by atoms with Crippen molar-refractivity contribution in [1.82, 2.24) is 0 Å². The Hall–Kier alpha value is -0.150. The number of rotatable bonds is 2. The second kappa shape index (κ2) is 4.79. The van der Waals surface area contributed by atoms with E-state index in [-0.39, 0.29) is 0 Å². The van der Waals surface area contributed by atoms with Gasteiger partial charge < -0.3 is 5.11 Å². The van der Waals surface area contributed by atoms with Gasteiger partial charge in [0, 0.05) is 10.6 Å². The van der Waals surface area contributed by atoms with E-state index in [0.717, 1.165) is 15.8 Å². The minimum atomic E-state index is 0.322. The quantitative estimate of drug-likeness (QED) is 0.803. The zero-order valence-corrected chi connectivity index (χ0v) is 12.0. The van der Waals surface area contributed by atoms with E-state index in [0.29, 0.717) is 11.2 Å². The van der Waals surface area contributed by atoms with Crippen LogP contribution in [0, 0.1) is 12.3 Å². The van der Waals surface area contributed by atoms with Gasteiger partial charge in [0.15, 0.2) is 0 Å². The van der Waals surface area contributed by atoms with Gasteiger partial charge >= 0.3 is 0 Å². The zero-order valence-electron chi connectivity index (χ0n) is 9.60. The van der Waals surface area contributed by atoms with E-state index in [1.54, 1.807) is 0 Å². The molecule has 0 aliphatic heterocycles. The molecular formula is C12H17BrOS.